The van der Waals surface area contributed by atoms with Gasteiger partial charge in [-0.3, -0.25) is 4.68 Å². The van der Waals surface area contributed by atoms with Gasteiger partial charge in [0.25, 0.3) is 0 Å². The van der Waals surface area contributed by atoms with Gasteiger partial charge >= 0.3 is 12.2 Å². The average Bonchev–Trinajstić information content (AvgIpc) is 2.89. The summed E-state index contributed by atoms with van der Waals surface area (Å²) >= 11 is 0. The van der Waals surface area contributed by atoms with Crippen LogP contribution in [0.1, 0.15) is 23.0 Å². The van der Waals surface area contributed by atoms with Gasteiger partial charge in [-0.1, -0.05) is 0 Å². The standard InChI is InChI=1S/C18H23F3N4O4/c1-9-14(10(2)25(3)24-9)16(18(19,20)21)23-17(26)22-11-7-12(27-4)15(29-6)13(8-11)28-5/h7-8,16H,1-6H3,(H2,22,23,26). The fraction of sp³-hybridized carbons (Fsp3) is 0.444. The minimum Gasteiger partial charge on any atom is -0.493 e. The van der Waals surface area contributed by atoms with Crippen LogP contribution in [-0.4, -0.2) is 43.3 Å². The summed E-state index contributed by atoms with van der Waals surface area (Å²) in [5, 5.41) is 8.35. The second-order valence-electron chi connectivity index (χ2n) is 6.20. The molecule has 0 radical (unpaired) electrons. The second kappa shape index (κ2) is 8.50. The van der Waals surface area contributed by atoms with Crippen LogP contribution in [0.5, 0.6) is 17.2 Å². The van der Waals surface area contributed by atoms with E-state index in [9.17, 15) is 18.0 Å². The highest BCUT2D eigenvalue weighted by molar-refractivity contribution is 5.90. The minimum atomic E-state index is -4.72. The number of hydrogen-bond acceptors (Lipinski definition) is 5. The van der Waals surface area contributed by atoms with Gasteiger partial charge in [0.05, 0.1) is 32.7 Å². The van der Waals surface area contributed by atoms with Gasteiger partial charge in [0.2, 0.25) is 5.75 Å². The van der Waals surface area contributed by atoms with Crippen LogP contribution in [0, 0.1) is 13.8 Å². The van der Waals surface area contributed by atoms with Crippen molar-refractivity contribution in [2.45, 2.75) is 26.1 Å². The summed E-state index contributed by atoms with van der Waals surface area (Å²) in [6.45, 7) is 2.96. The highest BCUT2D eigenvalue weighted by Crippen LogP contribution is 2.40. The molecule has 2 rings (SSSR count). The molecule has 1 unspecified atom stereocenters. The molecule has 2 aromatic rings. The van der Waals surface area contributed by atoms with Crippen molar-refractivity contribution in [1.29, 1.82) is 0 Å². The van der Waals surface area contributed by atoms with E-state index in [2.05, 4.69) is 10.4 Å². The van der Waals surface area contributed by atoms with Crippen LogP contribution in [0.2, 0.25) is 0 Å². The van der Waals surface area contributed by atoms with Crippen molar-refractivity contribution in [3.05, 3.63) is 29.1 Å². The molecule has 1 aromatic carbocycles. The van der Waals surface area contributed by atoms with Crippen LogP contribution in [0.3, 0.4) is 0 Å². The van der Waals surface area contributed by atoms with E-state index >= 15 is 0 Å². The third-order valence-corrected chi connectivity index (χ3v) is 4.38. The quantitative estimate of drug-likeness (QED) is 0.753. The van der Waals surface area contributed by atoms with Crippen molar-refractivity contribution in [2.75, 3.05) is 26.6 Å². The zero-order valence-corrected chi connectivity index (χ0v) is 16.9. The van der Waals surface area contributed by atoms with Crippen molar-refractivity contribution in [2.24, 2.45) is 7.05 Å². The second-order valence-corrected chi connectivity index (χ2v) is 6.20. The summed E-state index contributed by atoms with van der Waals surface area (Å²) in [5.41, 5.74) is 0.552. The lowest BCUT2D eigenvalue weighted by Crippen LogP contribution is -2.41. The first kappa shape index (κ1) is 22.2. The van der Waals surface area contributed by atoms with E-state index in [0.29, 0.717) is 5.69 Å². The molecular weight excluding hydrogens is 393 g/mol. The molecule has 29 heavy (non-hydrogen) atoms. The topological polar surface area (TPSA) is 86.6 Å². The Bertz CT molecular complexity index is 871. The summed E-state index contributed by atoms with van der Waals surface area (Å²) in [6, 6.07) is -0.462. The van der Waals surface area contributed by atoms with Gasteiger partial charge in [0, 0.05) is 30.4 Å². The van der Waals surface area contributed by atoms with Gasteiger partial charge < -0.3 is 24.8 Å². The molecule has 0 spiro atoms. The maximum absolute atomic E-state index is 13.7. The van der Waals surface area contributed by atoms with E-state index in [4.69, 9.17) is 14.2 Å². The van der Waals surface area contributed by atoms with Gasteiger partial charge in [-0.25, -0.2) is 4.79 Å². The van der Waals surface area contributed by atoms with Crippen molar-refractivity contribution in [3.63, 3.8) is 0 Å². The average molecular weight is 416 g/mol. The summed E-state index contributed by atoms with van der Waals surface area (Å²) in [5.74, 6) is 0.776. The molecule has 160 valence electrons. The number of halogens is 3. The van der Waals surface area contributed by atoms with Crippen LogP contribution in [0.4, 0.5) is 23.7 Å². The molecule has 0 aliphatic heterocycles. The molecule has 1 aromatic heterocycles. The van der Waals surface area contributed by atoms with E-state index in [1.54, 1.807) is 0 Å². The lowest BCUT2D eigenvalue weighted by atomic mass is 10.0. The molecular formula is C18H23F3N4O4. The molecule has 2 amide bonds. The number of anilines is 1. The van der Waals surface area contributed by atoms with E-state index < -0.39 is 18.2 Å². The van der Waals surface area contributed by atoms with Gasteiger partial charge in [0.1, 0.15) is 0 Å². The van der Waals surface area contributed by atoms with Crippen molar-refractivity contribution in [1.82, 2.24) is 15.1 Å². The molecule has 0 saturated carbocycles. The van der Waals surface area contributed by atoms with Gasteiger partial charge in [-0.05, 0) is 13.8 Å². The summed E-state index contributed by atoms with van der Waals surface area (Å²) < 4.78 is 57.9. The number of methoxy groups -OCH3 is 3. The van der Waals surface area contributed by atoms with E-state index in [1.807, 2.05) is 5.32 Å². The van der Waals surface area contributed by atoms with Crippen LogP contribution < -0.4 is 24.8 Å². The third kappa shape index (κ3) is 4.66. The molecule has 2 N–H and O–H groups in total. The van der Waals surface area contributed by atoms with Crippen LogP contribution >= 0.6 is 0 Å². The Morgan fingerprint density at radius 3 is 2.03 bits per heavy atom. The molecule has 1 heterocycles. The Morgan fingerprint density at radius 1 is 1.10 bits per heavy atom. The van der Waals surface area contributed by atoms with Gasteiger partial charge in [0.15, 0.2) is 17.5 Å². The Labute approximate surface area is 165 Å². The SMILES string of the molecule is COc1cc(NC(=O)NC(c2c(C)nn(C)c2C)C(F)(F)F)cc(OC)c1OC. The summed E-state index contributed by atoms with van der Waals surface area (Å²) in [4.78, 5) is 12.4. The smallest absolute Gasteiger partial charge is 0.413 e. The highest BCUT2D eigenvalue weighted by Gasteiger charge is 2.44. The van der Waals surface area contributed by atoms with Gasteiger partial charge in [-0.2, -0.15) is 18.3 Å². The van der Waals surface area contributed by atoms with Crippen LogP contribution in [0.15, 0.2) is 12.1 Å². The Hall–Kier alpha value is -3.11. The van der Waals surface area contributed by atoms with Crippen LogP contribution in [0.25, 0.3) is 0 Å². The first-order valence-corrected chi connectivity index (χ1v) is 8.47. The molecule has 1 atom stereocenters. The fourth-order valence-corrected chi connectivity index (χ4v) is 2.98. The number of hydrogen-bond donors (Lipinski definition) is 2. The molecule has 11 heteroatoms. The number of rotatable bonds is 6. The number of nitrogens with zero attached hydrogens (tertiary/aromatic N) is 2. The van der Waals surface area contributed by atoms with Crippen molar-refractivity contribution >= 4 is 11.7 Å². The Kier molecular flexibility index (Phi) is 6.50. The molecule has 8 nitrogen and oxygen atoms in total. The minimum absolute atomic E-state index is 0.0972. The number of benzene rings is 1. The normalized spacial score (nSPS) is 12.3. The zero-order chi connectivity index (χ0) is 21.9. The molecule has 0 aliphatic rings. The first-order valence-electron chi connectivity index (χ1n) is 8.47. The Balaban J connectivity index is 2.32. The summed E-state index contributed by atoms with van der Waals surface area (Å²) in [6.07, 6.45) is -4.72. The number of ether oxygens (including phenoxy) is 3. The van der Waals surface area contributed by atoms with E-state index in [-0.39, 0.29) is 34.2 Å². The summed E-state index contributed by atoms with van der Waals surface area (Å²) in [7, 11) is 5.71. The highest BCUT2D eigenvalue weighted by atomic mass is 19.4. The number of alkyl halides is 3. The predicted molar refractivity (Wildman–Crippen MR) is 99.7 cm³/mol. The zero-order valence-electron chi connectivity index (χ0n) is 16.9. The number of aromatic nitrogens is 2. The lowest BCUT2D eigenvalue weighted by molar-refractivity contribution is -0.155. The third-order valence-electron chi connectivity index (χ3n) is 4.38. The Morgan fingerprint density at radius 2 is 1.66 bits per heavy atom. The maximum atomic E-state index is 13.7. The molecule has 0 aliphatic carbocycles. The number of nitrogens with one attached hydrogen (secondary N) is 2. The fourth-order valence-electron chi connectivity index (χ4n) is 2.98. The monoisotopic (exact) mass is 416 g/mol. The van der Waals surface area contributed by atoms with Crippen molar-refractivity contribution < 1.29 is 32.2 Å². The number of urea groups is 1. The van der Waals surface area contributed by atoms with Crippen LogP contribution in [-0.2, 0) is 7.05 Å². The van der Waals surface area contributed by atoms with E-state index in [0.717, 1.165) is 0 Å². The molecule has 0 fully saturated rings. The number of carbonyl (C=O) groups is 1. The number of aryl methyl sites for hydroxylation is 2. The van der Waals surface area contributed by atoms with E-state index in [1.165, 1.54) is 59.0 Å². The van der Waals surface area contributed by atoms with Gasteiger partial charge in [-0.15, -0.1) is 0 Å². The number of carbonyl (C=O) groups excluding carboxylic acids is 1. The lowest BCUT2D eigenvalue weighted by Gasteiger charge is -2.23. The molecule has 0 bridgehead atoms. The largest absolute Gasteiger partial charge is 0.493 e. The first-order chi connectivity index (χ1) is 13.5. The number of amides is 2. The van der Waals surface area contributed by atoms with Crippen molar-refractivity contribution in [3.8, 4) is 17.2 Å². The maximum Gasteiger partial charge on any atom is 0.413 e. The predicted octanol–water partition coefficient (Wildman–Crippen LogP) is 3.49. The molecule has 0 saturated heterocycles.